The van der Waals surface area contributed by atoms with Crippen LogP contribution < -0.4 is 0 Å². The standard InChI is InChI=1S/C10H20S2/c1-5-7(3)9(6-2)8(4)10(9,11)12/h7-8,11-12H,5-6H2,1-4H3. The molecular weight excluding hydrogens is 184 g/mol. The Morgan fingerprint density at radius 3 is 1.83 bits per heavy atom. The van der Waals surface area contributed by atoms with Crippen LogP contribution in [-0.4, -0.2) is 4.08 Å². The first-order valence-electron chi connectivity index (χ1n) is 4.89. The van der Waals surface area contributed by atoms with Gasteiger partial charge in [0.05, 0.1) is 4.08 Å². The Balaban J connectivity index is 2.82. The first-order chi connectivity index (χ1) is 5.45. The Morgan fingerprint density at radius 1 is 1.33 bits per heavy atom. The Hall–Kier alpha value is 0.700. The smallest absolute Gasteiger partial charge is 0.0645 e. The summed E-state index contributed by atoms with van der Waals surface area (Å²) >= 11 is 9.29. The van der Waals surface area contributed by atoms with E-state index < -0.39 is 0 Å². The Bertz CT molecular complexity index is 177. The number of thiol groups is 2. The van der Waals surface area contributed by atoms with E-state index >= 15 is 0 Å². The molecule has 0 aromatic rings. The van der Waals surface area contributed by atoms with Crippen LogP contribution in [-0.2, 0) is 0 Å². The van der Waals surface area contributed by atoms with Crippen molar-refractivity contribution in [3.05, 3.63) is 0 Å². The van der Waals surface area contributed by atoms with Gasteiger partial charge in [0.15, 0.2) is 0 Å². The van der Waals surface area contributed by atoms with Crippen LogP contribution in [0.3, 0.4) is 0 Å². The van der Waals surface area contributed by atoms with Crippen molar-refractivity contribution in [1.29, 1.82) is 0 Å². The Kier molecular flexibility index (Phi) is 2.81. The predicted molar refractivity (Wildman–Crippen MR) is 62.0 cm³/mol. The molecule has 0 aromatic heterocycles. The third-order valence-corrected chi connectivity index (χ3v) is 5.66. The largest absolute Gasteiger partial charge is 0.161 e. The molecular formula is C10H20S2. The molecule has 0 nitrogen and oxygen atoms in total. The van der Waals surface area contributed by atoms with E-state index in [1.54, 1.807) is 0 Å². The zero-order valence-corrected chi connectivity index (χ0v) is 10.3. The third-order valence-electron chi connectivity index (χ3n) is 4.05. The summed E-state index contributed by atoms with van der Waals surface area (Å²) in [5, 5.41) is 0. The van der Waals surface area contributed by atoms with Crippen molar-refractivity contribution < 1.29 is 0 Å². The summed E-state index contributed by atoms with van der Waals surface area (Å²) in [5.74, 6) is 1.39. The molecule has 3 atom stereocenters. The van der Waals surface area contributed by atoms with Crippen LogP contribution in [0.5, 0.6) is 0 Å². The van der Waals surface area contributed by atoms with Crippen LogP contribution in [0.2, 0.25) is 0 Å². The molecule has 1 aliphatic rings. The molecule has 3 unspecified atom stereocenters. The fraction of sp³-hybridized carbons (Fsp3) is 1.00. The molecule has 0 radical (unpaired) electrons. The van der Waals surface area contributed by atoms with E-state index in [1.165, 1.54) is 12.8 Å². The summed E-state index contributed by atoms with van der Waals surface area (Å²) in [7, 11) is 0. The van der Waals surface area contributed by atoms with E-state index in [0.717, 1.165) is 5.92 Å². The van der Waals surface area contributed by atoms with Crippen molar-refractivity contribution in [3.63, 3.8) is 0 Å². The zero-order valence-electron chi connectivity index (χ0n) is 8.46. The van der Waals surface area contributed by atoms with Crippen molar-refractivity contribution in [1.82, 2.24) is 0 Å². The molecule has 1 fully saturated rings. The fourth-order valence-corrected chi connectivity index (χ4v) is 4.27. The highest BCUT2D eigenvalue weighted by Gasteiger charge is 2.71. The van der Waals surface area contributed by atoms with Crippen molar-refractivity contribution in [3.8, 4) is 0 Å². The molecule has 0 spiro atoms. The molecule has 1 saturated carbocycles. The predicted octanol–water partition coefficient (Wildman–Crippen LogP) is 3.63. The van der Waals surface area contributed by atoms with Gasteiger partial charge in [0.25, 0.3) is 0 Å². The first kappa shape index (κ1) is 10.8. The van der Waals surface area contributed by atoms with Gasteiger partial charge in [-0.25, -0.2) is 0 Å². The van der Waals surface area contributed by atoms with E-state index in [2.05, 4.69) is 53.0 Å². The van der Waals surface area contributed by atoms with Gasteiger partial charge in [-0.2, -0.15) is 25.3 Å². The van der Waals surface area contributed by atoms with Gasteiger partial charge < -0.3 is 0 Å². The second-order valence-electron chi connectivity index (χ2n) is 4.15. The Labute approximate surface area is 87.3 Å². The van der Waals surface area contributed by atoms with Gasteiger partial charge in [0, 0.05) is 5.41 Å². The maximum atomic E-state index is 4.65. The second kappa shape index (κ2) is 3.13. The summed E-state index contributed by atoms with van der Waals surface area (Å²) < 4.78 is -0.0167. The molecule has 0 saturated heterocycles. The number of rotatable bonds is 3. The van der Waals surface area contributed by atoms with Gasteiger partial charge in [0.2, 0.25) is 0 Å². The molecule has 1 aliphatic carbocycles. The first-order valence-corrected chi connectivity index (χ1v) is 5.79. The molecule has 0 amide bonds. The normalized spacial score (nSPS) is 41.0. The molecule has 0 N–H and O–H groups in total. The van der Waals surface area contributed by atoms with E-state index in [9.17, 15) is 0 Å². The Morgan fingerprint density at radius 2 is 1.75 bits per heavy atom. The molecule has 0 aliphatic heterocycles. The lowest BCUT2D eigenvalue weighted by atomic mass is 9.84. The lowest BCUT2D eigenvalue weighted by Crippen LogP contribution is -2.18. The zero-order chi connectivity index (χ0) is 9.57. The van der Waals surface area contributed by atoms with Crippen LogP contribution in [0.4, 0.5) is 0 Å². The van der Waals surface area contributed by atoms with Gasteiger partial charge in [-0.1, -0.05) is 34.1 Å². The van der Waals surface area contributed by atoms with Crippen molar-refractivity contribution in [2.24, 2.45) is 17.3 Å². The monoisotopic (exact) mass is 204 g/mol. The van der Waals surface area contributed by atoms with Crippen molar-refractivity contribution >= 4 is 25.3 Å². The van der Waals surface area contributed by atoms with Crippen LogP contribution in [0, 0.1) is 17.3 Å². The van der Waals surface area contributed by atoms with Crippen molar-refractivity contribution in [2.75, 3.05) is 0 Å². The average molecular weight is 204 g/mol. The van der Waals surface area contributed by atoms with Crippen molar-refractivity contribution in [2.45, 2.75) is 44.6 Å². The maximum absolute atomic E-state index is 4.65. The van der Waals surface area contributed by atoms with Crippen LogP contribution >= 0.6 is 25.3 Å². The van der Waals surface area contributed by atoms with Gasteiger partial charge in [-0.3, -0.25) is 0 Å². The number of hydrogen-bond acceptors (Lipinski definition) is 2. The highest BCUT2D eigenvalue weighted by atomic mass is 32.2. The van der Waals surface area contributed by atoms with E-state index in [4.69, 9.17) is 0 Å². The highest BCUT2D eigenvalue weighted by Crippen LogP contribution is 2.73. The molecule has 0 aromatic carbocycles. The van der Waals surface area contributed by atoms with E-state index in [-0.39, 0.29) is 4.08 Å². The SMILES string of the molecule is CCC(C)C1(CC)C(C)C1(S)S. The van der Waals surface area contributed by atoms with Crippen LogP contribution in [0.15, 0.2) is 0 Å². The maximum Gasteiger partial charge on any atom is 0.0645 e. The second-order valence-corrected chi connectivity index (χ2v) is 5.91. The van der Waals surface area contributed by atoms with Gasteiger partial charge in [0.1, 0.15) is 0 Å². The summed E-state index contributed by atoms with van der Waals surface area (Å²) in [6, 6.07) is 0. The summed E-state index contributed by atoms with van der Waals surface area (Å²) in [6.45, 7) is 9.12. The topological polar surface area (TPSA) is 0 Å². The minimum Gasteiger partial charge on any atom is -0.161 e. The number of hydrogen-bond donors (Lipinski definition) is 2. The third kappa shape index (κ3) is 1.07. The summed E-state index contributed by atoms with van der Waals surface area (Å²) in [6.07, 6.45) is 2.44. The quantitative estimate of drug-likeness (QED) is 0.509. The lowest BCUT2D eigenvalue weighted by molar-refractivity contribution is 0.287. The molecule has 12 heavy (non-hydrogen) atoms. The minimum absolute atomic E-state index is 0.0167. The fourth-order valence-electron chi connectivity index (χ4n) is 2.79. The van der Waals surface area contributed by atoms with Crippen LogP contribution in [0.1, 0.15) is 40.5 Å². The van der Waals surface area contributed by atoms with E-state index in [1.807, 2.05) is 0 Å². The minimum atomic E-state index is -0.0167. The van der Waals surface area contributed by atoms with Gasteiger partial charge in [-0.05, 0) is 18.3 Å². The highest BCUT2D eigenvalue weighted by molar-refractivity contribution is 8.01. The van der Waals surface area contributed by atoms with Gasteiger partial charge >= 0.3 is 0 Å². The van der Waals surface area contributed by atoms with E-state index in [0.29, 0.717) is 11.3 Å². The van der Waals surface area contributed by atoms with Gasteiger partial charge in [-0.15, -0.1) is 0 Å². The average Bonchev–Trinajstić information content (AvgIpc) is 2.47. The molecule has 0 bridgehead atoms. The lowest BCUT2D eigenvalue weighted by Gasteiger charge is -2.24. The van der Waals surface area contributed by atoms with Crippen LogP contribution in [0.25, 0.3) is 0 Å². The molecule has 0 heterocycles. The molecule has 1 rings (SSSR count). The summed E-state index contributed by atoms with van der Waals surface area (Å²) in [4.78, 5) is 0. The summed E-state index contributed by atoms with van der Waals surface area (Å²) in [5.41, 5.74) is 0.383. The molecule has 2 heteroatoms. The molecule has 72 valence electrons.